The van der Waals surface area contributed by atoms with Gasteiger partial charge in [0.1, 0.15) is 5.15 Å². The van der Waals surface area contributed by atoms with E-state index in [0.717, 1.165) is 17.3 Å². The number of hydrazone groups is 1. The quantitative estimate of drug-likeness (QED) is 0.357. The van der Waals surface area contributed by atoms with Gasteiger partial charge in [-0.15, -0.1) is 0 Å². The molecule has 1 aliphatic carbocycles. The van der Waals surface area contributed by atoms with Crippen molar-refractivity contribution in [3.8, 4) is 0 Å². The first-order valence-electron chi connectivity index (χ1n) is 9.81. The molecule has 29 heavy (non-hydrogen) atoms. The lowest BCUT2D eigenvalue weighted by Gasteiger charge is -2.19. The fraction of sp³-hybridized carbons (Fsp3) is 0.292. The number of fused-ring (bicyclic) bond motifs is 1. The summed E-state index contributed by atoms with van der Waals surface area (Å²) in [6, 6.07) is 18.3. The van der Waals surface area contributed by atoms with E-state index in [2.05, 4.69) is 60.5 Å². The Morgan fingerprint density at radius 2 is 1.90 bits per heavy atom. The molecule has 1 heterocycles. The van der Waals surface area contributed by atoms with Gasteiger partial charge in [0.05, 0.1) is 11.7 Å². The number of carbonyl (C=O) groups excluding carboxylic acids is 1. The van der Waals surface area contributed by atoms with Crippen molar-refractivity contribution < 1.29 is 4.79 Å². The molecule has 0 spiro atoms. The molecule has 1 amide bonds. The second-order valence-electron chi connectivity index (χ2n) is 8.62. The van der Waals surface area contributed by atoms with Gasteiger partial charge < -0.3 is 0 Å². The van der Waals surface area contributed by atoms with Crippen LogP contribution in [0.3, 0.4) is 0 Å². The molecular formula is C24H24ClN3O. The SMILES string of the molecule is CC(C)(C)c1ccc([C@@H]2C[C@H]2C(=O)NN=Cc2cc3ccccc3nc2Cl)cc1. The molecule has 148 valence electrons. The predicted molar refractivity (Wildman–Crippen MR) is 118 cm³/mol. The smallest absolute Gasteiger partial charge is 0.243 e. The van der Waals surface area contributed by atoms with E-state index in [4.69, 9.17) is 11.6 Å². The highest BCUT2D eigenvalue weighted by molar-refractivity contribution is 6.32. The van der Waals surface area contributed by atoms with Gasteiger partial charge in [0, 0.05) is 16.9 Å². The van der Waals surface area contributed by atoms with Crippen molar-refractivity contribution in [2.75, 3.05) is 0 Å². The van der Waals surface area contributed by atoms with Crippen molar-refractivity contribution in [2.45, 2.75) is 38.5 Å². The van der Waals surface area contributed by atoms with Crippen LogP contribution < -0.4 is 5.43 Å². The molecule has 0 aliphatic heterocycles. The van der Waals surface area contributed by atoms with Crippen LogP contribution >= 0.6 is 11.6 Å². The largest absolute Gasteiger partial charge is 0.273 e. The van der Waals surface area contributed by atoms with Crippen LogP contribution in [0.1, 0.15) is 49.8 Å². The number of rotatable bonds is 4. The zero-order chi connectivity index (χ0) is 20.6. The summed E-state index contributed by atoms with van der Waals surface area (Å²) in [6.45, 7) is 6.60. The van der Waals surface area contributed by atoms with Crippen molar-refractivity contribution in [1.29, 1.82) is 0 Å². The third kappa shape index (κ3) is 4.33. The molecule has 5 heteroatoms. The Kier molecular flexibility index (Phi) is 5.13. The minimum absolute atomic E-state index is 0.0298. The Hall–Kier alpha value is -2.72. The second-order valence-corrected chi connectivity index (χ2v) is 8.97. The van der Waals surface area contributed by atoms with E-state index in [-0.39, 0.29) is 23.2 Å². The molecule has 1 fully saturated rings. The van der Waals surface area contributed by atoms with Crippen molar-refractivity contribution >= 4 is 34.6 Å². The highest BCUT2D eigenvalue weighted by atomic mass is 35.5. The van der Waals surface area contributed by atoms with Gasteiger partial charge in [-0.1, -0.05) is 74.8 Å². The van der Waals surface area contributed by atoms with Gasteiger partial charge >= 0.3 is 0 Å². The van der Waals surface area contributed by atoms with Crippen molar-refractivity contribution in [2.24, 2.45) is 11.0 Å². The number of nitrogens with one attached hydrogen (secondary N) is 1. The van der Waals surface area contributed by atoms with E-state index in [0.29, 0.717) is 10.7 Å². The van der Waals surface area contributed by atoms with Gasteiger partial charge in [-0.05, 0) is 41.0 Å². The number of hydrogen-bond acceptors (Lipinski definition) is 3. The molecule has 1 saturated carbocycles. The minimum atomic E-state index is -0.0592. The Morgan fingerprint density at radius 3 is 2.62 bits per heavy atom. The van der Waals surface area contributed by atoms with Crippen LogP contribution in [0.4, 0.5) is 0 Å². The van der Waals surface area contributed by atoms with Crippen LogP contribution in [0, 0.1) is 5.92 Å². The fourth-order valence-electron chi connectivity index (χ4n) is 3.53. The van der Waals surface area contributed by atoms with E-state index in [9.17, 15) is 4.79 Å². The number of pyridine rings is 1. The number of halogens is 1. The zero-order valence-corrected chi connectivity index (χ0v) is 17.6. The molecule has 1 aromatic heterocycles. The Balaban J connectivity index is 1.38. The monoisotopic (exact) mass is 405 g/mol. The normalized spacial score (nSPS) is 18.9. The lowest BCUT2D eigenvalue weighted by Crippen LogP contribution is -2.20. The van der Waals surface area contributed by atoms with Crippen molar-refractivity contribution in [1.82, 2.24) is 10.4 Å². The average molecular weight is 406 g/mol. The molecule has 2 atom stereocenters. The number of aromatic nitrogens is 1. The Bertz CT molecular complexity index is 1080. The second kappa shape index (κ2) is 7.60. The van der Waals surface area contributed by atoms with Crippen LogP contribution in [0.15, 0.2) is 59.7 Å². The summed E-state index contributed by atoms with van der Waals surface area (Å²) in [5.74, 6) is 0.180. The predicted octanol–water partition coefficient (Wildman–Crippen LogP) is 5.44. The molecule has 0 radical (unpaired) electrons. The highest BCUT2D eigenvalue weighted by Gasteiger charge is 2.44. The molecule has 1 N–H and O–H groups in total. The molecule has 0 unspecified atom stereocenters. The Labute approximate surface area is 176 Å². The summed E-state index contributed by atoms with van der Waals surface area (Å²) in [6.07, 6.45) is 2.41. The number of nitrogens with zero attached hydrogens (tertiary/aromatic N) is 2. The average Bonchev–Trinajstić information content (AvgIpc) is 3.49. The van der Waals surface area contributed by atoms with Gasteiger partial charge in [0.15, 0.2) is 0 Å². The first-order chi connectivity index (χ1) is 13.8. The number of amides is 1. The van der Waals surface area contributed by atoms with Crippen molar-refractivity contribution in [3.05, 3.63) is 76.4 Å². The molecule has 3 aromatic rings. The van der Waals surface area contributed by atoms with E-state index in [1.165, 1.54) is 11.1 Å². The standard InChI is InChI=1S/C24H24ClN3O/c1-24(2,3)18-10-8-15(9-11-18)19-13-20(19)23(29)28-26-14-17-12-16-6-4-5-7-21(16)27-22(17)25/h4-12,14,19-20H,13H2,1-3H3,(H,28,29)/t19-,20+/m0/s1. The molecule has 2 aromatic carbocycles. The Morgan fingerprint density at radius 1 is 1.17 bits per heavy atom. The first-order valence-corrected chi connectivity index (χ1v) is 10.2. The van der Waals surface area contributed by atoms with E-state index in [1.54, 1.807) is 6.21 Å². The van der Waals surface area contributed by atoms with Gasteiger partial charge in [-0.25, -0.2) is 10.4 Å². The first kappa shape index (κ1) is 19.6. The lowest BCUT2D eigenvalue weighted by molar-refractivity contribution is -0.122. The van der Waals surface area contributed by atoms with Crippen LogP contribution in [-0.4, -0.2) is 17.1 Å². The number of benzene rings is 2. The maximum absolute atomic E-state index is 12.4. The fourth-order valence-corrected chi connectivity index (χ4v) is 3.73. The maximum Gasteiger partial charge on any atom is 0.243 e. The number of para-hydroxylation sites is 1. The van der Waals surface area contributed by atoms with Crippen LogP contribution in [-0.2, 0) is 10.2 Å². The summed E-state index contributed by atoms with van der Waals surface area (Å²) < 4.78 is 0. The summed E-state index contributed by atoms with van der Waals surface area (Å²) in [5, 5.41) is 5.44. The third-order valence-electron chi connectivity index (χ3n) is 5.42. The molecule has 0 saturated heterocycles. The third-order valence-corrected chi connectivity index (χ3v) is 5.72. The van der Waals surface area contributed by atoms with E-state index in [1.807, 2.05) is 30.3 Å². The summed E-state index contributed by atoms with van der Waals surface area (Å²) in [5.41, 5.74) is 6.80. The van der Waals surface area contributed by atoms with Crippen LogP contribution in [0.25, 0.3) is 10.9 Å². The molecule has 0 bridgehead atoms. The molecule has 1 aliphatic rings. The maximum atomic E-state index is 12.4. The van der Waals surface area contributed by atoms with Crippen LogP contribution in [0.2, 0.25) is 5.15 Å². The van der Waals surface area contributed by atoms with Crippen LogP contribution in [0.5, 0.6) is 0 Å². The lowest BCUT2D eigenvalue weighted by atomic mass is 9.86. The van der Waals surface area contributed by atoms with E-state index < -0.39 is 0 Å². The van der Waals surface area contributed by atoms with Crippen molar-refractivity contribution in [3.63, 3.8) is 0 Å². The van der Waals surface area contributed by atoms with Gasteiger partial charge in [0.2, 0.25) is 5.91 Å². The highest BCUT2D eigenvalue weighted by Crippen LogP contribution is 2.47. The summed E-state index contributed by atoms with van der Waals surface area (Å²) in [7, 11) is 0. The summed E-state index contributed by atoms with van der Waals surface area (Å²) >= 11 is 6.23. The number of hydrogen-bond donors (Lipinski definition) is 1. The molecule has 4 rings (SSSR count). The molecular weight excluding hydrogens is 382 g/mol. The molecule has 4 nitrogen and oxygen atoms in total. The number of carbonyl (C=O) groups is 1. The van der Waals surface area contributed by atoms with Gasteiger partial charge in [-0.3, -0.25) is 4.79 Å². The minimum Gasteiger partial charge on any atom is -0.273 e. The van der Waals surface area contributed by atoms with Gasteiger partial charge in [0.25, 0.3) is 0 Å². The summed E-state index contributed by atoms with van der Waals surface area (Å²) in [4.78, 5) is 16.8. The van der Waals surface area contributed by atoms with E-state index >= 15 is 0 Å². The topological polar surface area (TPSA) is 54.4 Å². The van der Waals surface area contributed by atoms with Gasteiger partial charge in [-0.2, -0.15) is 5.10 Å². The zero-order valence-electron chi connectivity index (χ0n) is 16.8.